The van der Waals surface area contributed by atoms with Gasteiger partial charge in [-0.25, -0.2) is 4.79 Å². The van der Waals surface area contributed by atoms with Crippen LogP contribution in [0.15, 0.2) is 6.07 Å². The van der Waals surface area contributed by atoms with Crippen molar-refractivity contribution in [3.8, 4) is 0 Å². The van der Waals surface area contributed by atoms with Crippen LogP contribution < -0.4 is 5.32 Å². The number of anilines is 1. The number of carbonyl (C=O) groups is 1. The van der Waals surface area contributed by atoms with Gasteiger partial charge in [-0.05, 0) is 5.92 Å². The minimum atomic E-state index is -0.995. The molecule has 3 N–H and O–H groups in total. The number of aromatic amines is 1. The molecule has 0 unspecified atom stereocenters. The molecule has 1 rings (SSSR count). The first kappa shape index (κ1) is 9.57. The molecular weight excluding hydrogens is 170 g/mol. The van der Waals surface area contributed by atoms with Gasteiger partial charge in [-0.2, -0.15) is 5.10 Å². The molecule has 0 aliphatic carbocycles. The molecular formula is C8H13N3O2. The van der Waals surface area contributed by atoms with E-state index >= 15 is 0 Å². The van der Waals surface area contributed by atoms with Crippen molar-refractivity contribution in [2.24, 2.45) is 5.92 Å². The quantitative estimate of drug-likeness (QED) is 0.654. The van der Waals surface area contributed by atoms with Crippen molar-refractivity contribution < 1.29 is 9.90 Å². The zero-order chi connectivity index (χ0) is 9.84. The van der Waals surface area contributed by atoms with Gasteiger partial charge in [0.25, 0.3) is 0 Å². The highest BCUT2D eigenvalue weighted by molar-refractivity contribution is 5.86. The van der Waals surface area contributed by atoms with E-state index in [2.05, 4.69) is 29.4 Å². The van der Waals surface area contributed by atoms with Gasteiger partial charge in [-0.3, -0.25) is 5.10 Å². The molecule has 0 atom stereocenters. The summed E-state index contributed by atoms with van der Waals surface area (Å²) in [6.07, 6.45) is 0. The second kappa shape index (κ2) is 3.93. The summed E-state index contributed by atoms with van der Waals surface area (Å²) in [5, 5.41) is 17.8. The number of rotatable bonds is 4. The Balaban J connectivity index is 2.54. The molecule has 0 spiro atoms. The molecule has 0 radical (unpaired) electrons. The van der Waals surface area contributed by atoms with Crippen LogP contribution in [0.5, 0.6) is 0 Å². The van der Waals surface area contributed by atoms with Crippen molar-refractivity contribution in [3.05, 3.63) is 11.8 Å². The molecule has 0 bridgehead atoms. The maximum Gasteiger partial charge on any atom is 0.353 e. The molecule has 0 saturated heterocycles. The van der Waals surface area contributed by atoms with Crippen molar-refractivity contribution in [1.82, 2.24) is 10.2 Å². The Morgan fingerprint density at radius 1 is 1.77 bits per heavy atom. The number of carboxylic acid groups (broad SMARTS) is 1. The number of hydrogen-bond donors (Lipinski definition) is 3. The van der Waals surface area contributed by atoms with E-state index in [1.807, 2.05) is 0 Å². The largest absolute Gasteiger partial charge is 0.477 e. The predicted octanol–water partition coefficient (Wildman–Crippen LogP) is 1.18. The highest BCUT2D eigenvalue weighted by Gasteiger charge is 2.06. The van der Waals surface area contributed by atoms with Gasteiger partial charge in [0.15, 0.2) is 0 Å². The van der Waals surface area contributed by atoms with E-state index in [0.29, 0.717) is 11.7 Å². The van der Waals surface area contributed by atoms with Crippen LogP contribution >= 0.6 is 0 Å². The van der Waals surface area contributed by atoms with E-state index in [9.17, 15) is 4.79 Å². The van der Waals surface area contributed by atoms with Crippen LogP contribution in [-0.2, 0) is 0 Å². The van der Waals surface area contributed by atoms with Gasteiger partial charge in [-0.1, -0.05) is 13.8 Å². The van der Waals surface area contributed by atoms with Crippen molar-refractivity contribution >= 4 is 11.8 Å². The van der Waals surface area contributed by atoms with E-state index in [1.54, 1.807) is 0 Å². The average Bonchev–Trinajstić information content (AvgIpc) is 2.48. The van der Waals surface area contributed by atoms with E-state index < -0.39 is 5.97 Å². The summed E-state index contributed by atoms with van der Waals surface area (Å²) < 4.78 is 0. The highest BCUT2D eigenvalue weighted by atomic mass is 16.4. The Bertz CT molecular complexity index is 293. The molecule has 5 heteroatoms. The Morgan fingerprint density at radius 3 is 2.92 bits per heavy atom. The minimum Gasteiger partial charge on any atom is -0.477 e. The van der Waals surface area contributed by atoms with Gasteiger partial charge in [0.1, 0.15) is 11.5 Å². The number of carboxylic acids is 1. The number of nitrogens with one attached hydrogen (secondary N) is 2. The molecule has 1 aromatic rings. The standard InChI is InChI=1S/C8H13N3O2/c1-5(2)4-9-7-3-6(8(12)13)10-11-7/h3,5H,4H2,1-2H3,(H,12,13)(H2,9,10,11). The van der Waals surface area contributed by atoms with Crippen LogP contribution in [0.1, 0.15) is 24.3 Å². The molecule has 0 fully saturated rings. The fraction of sp³-hybridized carbons (Fsp3) is 0.500. The van der Waals surface area contributed by atoms with Gasteiger partial charge in [0.2, 0.25) is 0 Å². The van der Waals surface area contributed by atoms with Crippen LogP contribution in [0.3, 0.4) is 0 Å². The van der Waals surface area contributed by atoms with E-state index in [1.165, 1.54) is 6.07 Å². The van der Waals surface area contributed by atoms with E-state index in [-0.39, 0.29) is 5.69 Å². The lowest BCUT2D eigenvalue weighted by atomic mass is 10.2. The Morgan fingerprint density at radius 2 is 2.46 bits per heavy atom. The lowest BCUT2D eigenvalue weighted by molar-refractivity contribution is 0.0690. The molecule has 13 heavy (non-hydrogen) atoms. The Hall–Kier alpha value is -1.52. The first-order chi connectivity index (χ1) is 6.09. The van der Waals surface area contributed by atoms with Crippen LogP contribution in [-0.4, -0.2) is 27.8 Å². The molecule has 5 nitrogen and oxygen atoms in total. The first-order valence-corrected chi connectivity index (χ1v) is 4.12. The van der Waals surface area contributed by atoms with Crippen LogP contribution in [0.4, 0.5) is 5.82 Å². The zero-order valence-corrected chi connectivity index (χ0v) is 7.66. The van der Waals surface area contributed by atoms with E-state index in [0.717, 1.165) is 6.54 Å². The maximum atomic E-state index is 10.5. The summed E-state index contributed by atoms with van der Waals surface area (Å²) in [7, 11) is 0. The Labute approximate surface area is 76.2 Å². The maximum absolute atomic E-state index is 10.5. The molecule has 1 aromatic heterocycles. The van der Waals surface area contributed by atoms with Gasteiger partial charge in [0, 0.05) is 12.6 Å². The fourth-order valence-electron chi connectivity index (χ4n) is 0.831. The average molecular weight is 183 g/mol. The molecule has 1 heterocycles. The first-order valence-electron chi connectivity index (χ1n) is 4.12. The third-order valence-corrected chi connectivity index (χ3v) is 1.50. The number of aromatic carboxylic acids is 1. The SMILES string of the molecule is CC(C)CNc1cc(C(=O)O)[nH]n1. The van der Waals surface area contributed by atoms with Crippen LogP contribution in [0.25, 0.3) is 0 Å². The molecule has 0 saturated carbocycles. The second-order valence-corrected chi connectivity index (χ2v) is 3.25. The summed E-state index contributed by atoms with van der Waals surface area (Å²) in [6, 6.07) is 1.48. The Kier molecular flexibility index (Phi) is 2.89. The van der Waals surface area contributed by atoms with Crippen LogP contribution in [0, 0.1) is 5.92 Å². The summed E-state index contributed by atoms with van der Waals surface area (Å²) in [5.74, 6) is 0.0844. The monoisotopic (exact) mass is 183 g/mol. The predicted molar refractivity (Wildman–Crippen MR) is 48.9 cm³/mol. The summed E-state index contributed by atoms with van der Waals surface area (Å²) in [5.41, 5.74) is 0.103. The smallest absolute Gasteiger partial charge is 0.353 e. The normalized spacial score (nSPS) is 10.4. The lowest BCUT2D eigenvalue weighted by Crippen LogP contribution is -2.07. The number of nitrogens with zero attached hydrogens (tertiary/aromatic N) is 1. The van der Waals surface area contributed by atoms with Crippen molar-refractivity contribution in [2.45, 2.75) is 13.8 Å². The van der Waals surface area contributed by atoms with Crippen LogP contribution in [0.2, 0.25) is 0 Å². The van der Waals surface area contributed by atoms with Gasteiger partial charge in [0.05, 0.1) is 0 Å². The topological polar surface area (TPSA) is 78.0 Å². The number of aromatic nitrogens is 2. The van der Waals surface area contributed by atoms with E-state index in [4.69, 9.17) is 5.11 Å². The number of hydrogen-bond acceptors (Lipinski definition) is 3. The fourth-order valence-corrected chi connectivity index (χ4v) is 0.831. The van der Waals surface area contributed by atoms with Gasteiger partial charge >= 0.3 is 5.97 Å². The second-order valence-electron chi connectivity index (χ2n) is 3.25. The lowest BCUT2D eigenvalue weighted by Gasteiger charge is -2.04. The zero-order valence-electron chi connectivity index (χ0n) is 7.66. The molecule has 0 aliphatic rings. The third-order valence-electron chi connectivity index (χ3n) is 1.50. The summed E-state index contributed by atoms with van der Waals surface area (Å²) in [4.78, 5) is 10.5. The van der Waals surface area contributed by atoms with Crippen molar-refractivity contribution in [2.75, 3.05) is 11.9 Å². The molecule has 0 amide bonds. The molecule has 0 aliphatic heterocycles. The molecule has 72 valence electrons. The third kappa shape index (κ3) is 2.77. The minimum absolute atomic E-state index is 0.103. The molecule has 0 aromatic carbocycles. The van der Waals surface area contributed by atoms with Crippen molar-refractivity contribution in [1.29, 1.82) is 0 Å². The highest BCUT2D eigenvalue weighted by Crippen LogP contribution is 2.05. The van der Waals surface area contributed by atoms with Gasteiger partial charge in [-0.15, -0.1) is 0 Å². The number of H-pyrrole nitrogens is 1. The summed E-state index contributed by atoms with van der Waals surface area (Å²) in [6.45, 7) is 4.92. The van der Waals surface area contributed by atoms with Gasteiger partial charge < -0.3 is 10.4 Å². The van der Waals surface area contributed by atoms with Crippen molar-refractivity contribution in [3.63, 3.8) is 0 Å². The summed E-state index contributed by atoms with van der Waals surface area (Å²) >= 11 is 0.